The third-order valence-electron chi connectivity index (χ3n) is 14.5. The van der Waals surface area contributed by atoms with E-state index in [-0.39, 0.29) is 31.1 Å². The molecule has 414 valence electrons. The molecule has 0 bridgehead atoms. The van der Waals surface area contributed by atoms with E-state index in [2.05, 4.69) is 32.9 Å². The van der Waals surface area contributed by atoms with Crippen LogP contribution in [0.2, 0.25) is 0 Å². The minimum absolute atomic E-state index is 0.0662. The molecule has 0 radical (unpaired) electrons. The van der Waals surface area contributed by atoms with Gasteiger partial charge in [0.15, 0.2) is 6.10 Å². The zero-order valence-electron chi connectivity index (χ0n) is 47.6. The molecule has 0 spiro atoms. The SMILES string of the molecule is CCCC/C=C\CCCCCCCC(=O)OCC(COC(=O)CCCCCCCCCCCCCCCCCCCCCCCCC)OC(=O)CCCCCCCCCCCCCCCCCCCC. The maximum atomic E-state index is 12.9. The van der Waals surface area contributed by atoms with Crippen molar-refractivity contribution in [2.45, 2.75) is 367 Å². The van der Waals surface area contributed by atoms with Gasteiger partial charge in [-0.25, -0.2) is 0 Å². The Morgan fingerprint density at radius 3 is 0.757 bits per heavy atom. The molecule has 0 heterocycles. The summed E-state index contributed by atoms with van der Waals surface area (Å²) in [6.07, 6.45) is 69.4. The van der Waals surface area contributed by atoms with E-state index in [4.69, 9.17) is 14.2 Å². The first-order valence-electron chi connectivity index (χ1n) is 31.7. The fourth-order valence-electron chi connectivity index (χ4n) is 9.72. The van der Waals surface area contributed by atoms with Gasteiger partial charge in [-0.2, -0.15) is 0 Å². The van der Waals surface area contributed by atoms with Crippen molar-refractivity contribution in [1.82, 2.24) is 0 Å². The van der Waals surface area contributed by atoms with E-state index in [0.29, 0.717) is 19.3 Å². The van der Waals surface area contributed by atoms with Gasteiger partial charge in [-0.15, -0.1) is 0 Å². The second-order valence-corrected chi connectivity index (χ2v) is 21.7. The number of esters is 3. The number of carbonyl (C=O) groups excluding carboxylic acids is 3. The molecule has 0 aliphatic rings. The standard InChI is InChI=1S/C64H122O6/c1-4-7-10-13-16-19-22-24-26-28-30-31-32-33-34-36-37-39-42-45-48-51-54-57-63(66)69-60-61(59-68-62(65)56-53-50-47-44-41-21-18-15-12-9-6-3)70-64(67)58-55-52-49-46-43-40-38-35-29-27-25-23-20-17-14-11-8-5-2/h15,18,61H,4-14,16-17,19-60H2,1-3H3/b18-15-. The molecule has 0 aliphatic carbocycles. The molecule has 0 saturated heterocycles. The van der Waals surface area contributed by atoms with Gasteiger partial charge in [-0.3, -0.25) is 14.4 Å². The lowest BCUT2D eigenvalue weighted by Gasteiger charge is -2.18. The zero-order valence-corrected chi connectivity index (χ0v) is 47.6. The van der Waals surface area contributed by atoms with Crippen molar-refractivity contribution in [1.29, 1.82) is 0 Å². The quantitative estimate of drug-likeness (QED) is 0.0261. The van der Waals surface area contributed by atoms with Crippen LogP contribution in [-0.4, -0.2) is 37.2 Å². The maximum Gasteiger partial charge on any atom is 0.306 e. The number of hydrogen-bond donors (Lipinski definition) is 0. The van der Waals surface area contributed by atoms with E-state index >= 15 is 0 Å². The minimum Gasteiger partial charge on any atom is -0.462 e. The van der Waals surface area contributed by atoms with Gasteiger partial charge in [-0.05, 0) is 38.5 Å². The van der Waals surface area contributed by atoms with Gasteiger partial charge in [0.25, 0.3) is 0 Å². The number of unbranched alkanes of at least 4 members (excludes halogenated alkanes) is 46. The molecule has 0 fully saturated rings. The Bertz CT molecular complexity index is 1090. The third-order valence-corrected chi connectivity index (χ3v) is 14.5. The maximum absolute atomic E-state index is 12.9. The summed E-state index contributed by atoms with van der Waals surface area (Å²) in [7, 11) is 0. The Morgan fingerprint density at radius 2 is 0.486 bits per heavy atom. The van der Waals surface area contributed by atoms with Gasteiger partial charge in [0.1, 0.15) is 13.2 Å². The Hall–Kier alpha value is -1.85. The lowest BCUT2D eigenvalue weighted by molar-refractivity contribution is -0.167. The third kappa shape index (κ3) is 57.1. The summed E-state index contributed by atoms with van der Waals surface area (Å²) < 4.78 is 16.9. The molecule has 0 rings (SSSR count). The monoisotopic (exact) mass is 987 g/mol. The first-order chi connectivity index (χ1) is 34.5. The molecule has 0 saturated carbocycles. The topological polar surface area (TPSA) is 78.9 Å². The van der Waals surface area contributed by atoms with E-state index in [1.165, 1.54) is 257 Å². The summed E-state index contributed by atoms with van der Waals surface area (Å²) in [5.74, 6) is -0.848. The molecule has 70 heavy (non-hydrogen) atoms. The second-order valence-electron chi connectivity index (χ2n) is 21.7. The summed E-state index contributed by atoms with van der Waals surface area (Å²) in [6, 6.07) is 0. The van der Waals surface area contributed by atoms with E-state index in [0.717, 1.165) is 64.2 Å². The van der Waals surface area contributed by atoms with Crippen LogP contribution in [-0.2, 0) is 28.6 Å². The van der Waals surface area contributed by atoms with Gasteiger partial charge in [0.2, 0.25) is 0 Å². The summed E-state index contributed by atoms with van der Waals surface area (Å²) in [6.45, 7) is 6.67. The van der Waals surface area contributed by atoms with Crippen molar-refractivity contribution in [2.24, 2.45) is 0 Å². The van der Waals surface area contributed by atoms with Crippen LogP contribution in [0.1, 0.15) is 361 Å². The lowest BCUT2D eigenvalue weighted by Crippen LogP contribution is -2.30. The van der Waals surface area contributed by atoms with Crippen LogP contribution in [0.5, 0.6) is 0 Å². The molecule has 1 unspecified atom stereocenters. The summed E-state index contributed by atoms with van der Waals surface area (Å²) >= 11 is 0. The van der Waals surface area contributed by atoms with Gasteiger partial charge < -0.3 is 14.2 Å². The molecule has 0 aromatic rings. The number of rotatable bonds is 59. The van der Waals surface area contributed by atoms with E-state index < -0.39 is 6.10 Å². The fourth-order valence-corrected chi connectivity index (χ4v) is 9.72. The summed E-state index contributed by atoms with van der Waals surface area (Å²) in [5.41, 5.74) is 0. The molecule has 1 atom stereocenters. The first-order valence-corrected chi connectivity index (χ1v) is 31.7. The number of ether oxygens (including phenoxy) is 3. The molecule has 0 amide bonds. The van der Waals surface area contributed by atoms with Crippen molar-refractivity contribution in [3.8, 4) is 0 Å². The molecule has 0 aromatic carbocycles. The average molecular weight is 988 g/mol. The highest BCUT2D eigenvalue weighted by Gasteiger charge is 2.19. The van der Waals surface area contributed by atoms with Crippen molar-refractivity contribution in [3.05, 3.63) is 12.2 Å². The highest BCUT2D eigenvalue weighted by molar-refractivity contribution is 5.71. The van der Waals surface area contributed by atoms with Crippen LogP contribution in [0.3, 0.4) is 0 Å². The van der Waals surface area contributed by atoms with Crippen LogP contribution >= 0.6 is 0 Å². The number of hydrogen-bond acceptors (Lipinski definition) is 6. The van der Waals surface area contributed by atoms with Crippen molar-refractivity contribution >= 4 is 17.9 Å². The molecular formula is C64H122O6. The number of allylic oxidation sites excluding steroid dienone is 2. The predicted molar refractivity (Wildman–Crippen MR) is 303 cm³/mol. The van der Waals surface area contributed by atoms with E-state index in [1.807, 2.05) is 0 Å². The van der Waals surface area contributed by atoms with Crippen molar-refractivity contribution in [2.75, 3.05) is 13.2 Å². The van der Waals surface area contributed by atoms with Gasteiger partial charge in [0.05, 0.1) is 0 Å². The van der Waals surface area contributed by atoms with Gasteiger partial charge >= 0.3 is 17.9 Å². The molecule has 0 N–H and O–H groups in total. The van der Waals surface area contributed by atoms with Gasteiger partial charge in [-0.1, -0.05) is 315 Å². The Balaban J connectivity index is 4.19. The minimum atomic E-state index is -0.768. The van der Waals surface area contributed by atoms with Crippen LogP contribution in [0.15, 0.2) is 12.2 Å². The van der Waals surface area contributed by atoms with Crippen LogP contribution in [0, 0.1) is 0 Å². The normalized spacial score (nSPS) is 12.0. The Morgan fingerprint density at radius 1 is 0.271 bits per heavy atom. The summed E-state index contributed by atoms with van der Waals surface area (Å²) in [4.78, 5) is 38.2. The van der Waals surface area contributed by atoms with Crippen molar-refractivity contribution in [3.63, 3.8) is 0 Å². The summed E-state index contributed by atoms with van der Waals surface area (Å²) in [5, 5.41) is 0. The average Bonchev–Trinajstić information content (AvgIpc) is 3.36. The fraction of sp³-hybridized carbons (Fsp3) is 0.922. The number of carbonyl (C=O) groups is 3. The smallest absolute Gasteiger partial charge is 0.306 e. The lowest BCUT2D eigenvalue weighted by atomic mass is 10.0. The molecule has 6 heteroatoms. The Kier molecular flexibility index (Phi) is 58.1. The van der Waals surface area contributed by atoms with Crippen molar-refractivity contribution < 1.29 is 28.6 Å². The second kappa shape index (κ2) is 59.7. The highest BCUT2D eigenvalue weighted by atomic mass is 16.6. The van der Waals surface area contributed by atoms with E-state index in [9.17, 15) is 14.4 Å². The van der Waals surface area contributed by atoms with Crippen LogP contribution < -0.4 is 0 Å². The molecular weight excluding hydrogens is 865 g/mol. The largest absolute Gasteiger partial charge is 0.462 e. The molecule has 0 aromatic heterocycles. The zero-order chi connectivity index (χ0) is 50.7. The predicted octanol–water partition coefficient (Wildman–Crippen LogP) is 21.3. The van der Waals surface area contributed by atoms with E-state index in [1.54, 1.807) is 0 Å². The molecule has 6 nitrogen and oxygen atoms in total. The van der Waals surface area contributed by atoms with Crippen LogP contribution in [0.4, 0.5) is 0 Å². The van der Waals surface area contributed by atoms with Crippen LogP contribution in [0.25, 0.3) is 0 Å². The highest BCUT2D eigenvalue weighted by Crippen LogP contribution is 2.18. The Labute approximate surface area is 437 Å². The first kappa shape index (κ1) is 68.2. The van der Waals surface area contributed by atoms with Gasteiger partial charge in [0, 0.05) is 19.3 Å². The molecule has 0 aliphatic heterocycles.